The number of hydrogen-bond donors (Lipinski definition) is 2. The molecule has 0 unspecified atom stereocenters. The molecular formula is C19H13BrClN5O4S. The van der Waals surface area contributed by atoms with Gasteiger partial charge < -0.3 is 9.47 Å². The summed E-state index contributed by atoms with van der Waals surface area (Å²) in [5.41, 5.74) is 3.58. The molecule has 0 atom stereocenters. The van der Waals surface area contributed by atoms with Crippen molar-refractivity contribution in [1.82, 2.24) is 15.6 Å². The van der Waals surface area contributed by atoms with Crippen LogP contribution in [-0.4, -0.2) is 35.0 Å². The molecule has 1 aliphatic heterocycles. The van der Waals surface area contributed by atoms with Gasteiger partial charge in [0.2, 0.25) is 17.8 Å². The van der Waals surface area contributed by atoms with E-state index in [0.29, 0.717) is 32.7 Å². The molecule has 0 saturated heterocycles. The quantitative estimate of drug-likeness (QED) is 0.377. The van der Waals surface area contributed by atoms with Crippen LogP contribution in [0.5, 0.6) is 11.5 Å². The molecule has 12 heteroatoms. The van der Waals surface area contributed by atoms with Gasteiger partial charge in [-0.05, 0) is 52.3 Å². The van der Waals surface area contributed by atoms with Crippen LogP contribution >= 0.6 is 38.9 Å². The Morgan fingerprint density at radius 3 is 2.71 bits per heavy atom. The van der Waals surface area contributed by atoms with E-state index < -0.39 is 0 Å². The number of benzene rings is 2. The van der Waals surface area contributed by atoms with Crippen LogP contribution in [0, 0.1) is 0 Å². The fourth-order valence-corrected chi connectivity index (χ4v) is 3.81. The van der Waals surface area contributed by atoms with Crippen molar-refractivity contribution in [2.75, 3.05) is 12.1 Å². The first-order chi connectivity index (χ1) is 15.0. The average Bonchev–Trinajstić information content (AvgIpc) is 3.37. The number of carbonyl (C=O) groups excluding carboxylic acids is 2. The van der Waals surface area contributed by atoms with Crippen LogP contribution in [0.15, 0.2) is 46.0 Å². The van der Waals surface area contributed by atoms with Crippen LogP contribution in [0.4, 0.5) is 5.13 Å². The van der Waals surface area contributed by atoms with E-state index in [-0.39, 0.29) is 30.2 Å². The van der Waals surface area contributed by atoms with Crippen molar-refractivity contribution in [3.8, 4) is 11.5 Å². The Morgan fingerprint density at radius 2 is 1.94 bits per heavy atom. The van der Waals surface area contributed by atoms with Crippen LogP contribution in [0.3, 0.4) is 0 Å². The Bertz CT molecular complexity index is 1170. The molecule has 31 heavy (non-hydrogen) atoms. The van der Waals surface area contributed by atoms with Crippen LogP contribution in [0.1, 0.15) is 20.9 Å². The number of rotatable bonds is 6. The van der Waals surface area contributed by atoms with Crippen molar-refractivity contribution in [3.63, 3.8) is 0 Å². The Morgan fingerprint density at radius 1 is 1.19 bits per heavy atom. The van der Waals surface area contributed by atoms with E-state index in [1.54, 1.807) is 36.4 Å². The first kappa shape index (κ1) is 21.2. The summed E-state index contributed by atoms with van der Waals surface area (Å²) in [5, 5.41) is 15.6. The first-order valence-electron chi connectivity index (χ1n) is 8.78. The number of nitrogens with zero attached hydrogens (tertiary/aromatic N) is 3. The molecule has 0 bridgehead atoms. The Kier molecular flexibility index (Phi) is 6.44. The highest BCUT2D eigenvalue weighted by atomic mass is 79.9. The zero-order chi connectivity index (χ0) is 21.8. The summed E-state index contributed by atoms with van der Waals surface area (Å²) in [4.78, 5) is 24.3. The SMILES string of the molecule is O=C(Cc1nnc(NC(=O)c2ccc(Cl)cc2)s1)NN=Cc1cc2c(cc1Br)OCO2. The number of ether oxygens (including phenoxy) is 2. The van der Waals surface area contributed by atoms with Gasteiger partial charge >= 0.3 is 0 Å². The second-order valence-electron chi connectivity index (χ2n) is 6.16. The summed E-state index contributed by atoms with van der Waals surface area (Å²) in [6.45, 7) is 0.170. The number of hydrazone groups is 1. The number of hydrogen-bond acceptors (Lipinski definition) is 8. The van der Waals surface area contributed by atoms with Gasteiger partial charge in [0.25, 0.3) is 5.91 Å². The van der Waals surface area contributed by atoms with E-state index in [2.05, 4.69) is 42.0 Å². The van der Waals surface area contributed by atoms with E-state index in [1.165, 1.54) is 6.21 Å². The maximum absolute atomic E-state index is 12.2. The van der Waals surface area contributed by atoms with E-state index >= 15 is 0 Å². The Balaban J connectivity index is 1.30. The van der Waals surface area contributed by atoms with Crippen LogP contribution in [-0.2, 0) is 11.2 Å². The largest absolute Gasteiger partial charge is 0.454 e. The number of carbonyl (C=O) groups is 2. The summed E-state index contributed by atoms with van der Waals surface area (Å²) in [7, 11) is 0. The van der Waals surface area contributed by atoms with E-state index in [0.717, 1.165) is 15.8 Å². The third-order valence-electron chi connectivity index (χ3n) is 3.99. The second kappa shape index (κ2) is 9.41. The lowest BCUT2D eigenvalue weighted by Crippen LogP contribution is -2.19. The minimum Gasteiger partial charge on any atom is -0.454 e. The lowest BCUT2D eigenvalue weighted by molar-refractivity contribution is -0.120. The predicted molar refractivity (Wildman–Crippen MR) is 119 cm³/mol. The van der Waals surface area contributed by atoms with Crippen molar-refractivity contribution in [2.24, 2.45) is 5.10 Å². The van der Waals surface area contributed by atoms with Gasteiger partial charge in [-0.15, -0.1) is 10.2 Å². The van der Waals surface area contributed by atoms with Crippen molar-refractivity contribution in [1.29, 1.82) is 0 Å². The van der Waals surface area contributed by atoms with Gasteiger partial charge in [-0.3, -0.25) is 14.9 Å². The molecule has 2 aromatic carbocycles. The maximum atomic E-state index is 12.2. The van der Waals surface area contributed by atoms with Gasteiger partial charge in [-0.2, -0.15) is 5.10 Å². The summed E-state index contributed by atoms with van der Waals surface area (Å²) in [6, 6.07) is 9.96. The molecule has 0 saturated carbocycles. The summed E-state index contributed by atoms with van der Waals surface area (Å²) in [5.74, 6) is 0.531. The Labute approximate surface area is 193 Å². The fourth-order valence-electron chi connectivity index (χ4n) is 2.53. The number of fused-ring (bicyclic) bond motifs is 1. The lowest BCUT2D eigenvalue weighted by Gasteiger charge is -2.02. The average molecular weight is 523 g/mol. The summed E-state index contributed by atoms with van der Waals surface area (Å²) < 4.78 is 11.4. The molecule has 0 aliphatic carbocycles. The van der Waals surface area contributed by atoms with Gasteiger partial charge in [0, 0.05) is 20.6 Å². The van der Waals surface area contributed by atoms with Crippen LogP contribution in [0.2, 0.25) is 5.02 Å². The van der Waals surface area contributed by atoms with E-state index in [4.69, 9.17) is 21.1 Å². The summed E-state index contributed by atoms with van der Waals surface area (Å²) >= 11 is 10.3. The van der Waals surface area contributed by atoms with Crippen LogP contribution < -0.4 is 20.2 Å². The zero-order valence-corrected chi connectivity index (χ0v) is 18.8. The van der Waals surface area contributed by atoms with Gasteiger partial charge in [-0.25, -0.2) is 5.43 Å². The zero-order valence-electron chi connectivity index (χ0n) is 15.6. The minimum absolute atomic E-state index is 0.0336. The van der Waals surface area contributed by atoms with Crippen molar-refractivity contribution in [3.05, 3.63) is 62.0 Å². The van der Waals surface area contributed by atoms with Crippen molar-refractivity contribution >= 4 is 62.0 Å². The molecule has 158 valence electrons. The number of amides is 2. The number of nitrogens with one attached hydrogen (secondary N) is 2. The molecule has 0 radical (unpaired) electrons. The smallest absolute Gasteiger partial charge is 0.257 e. The molecular weight excluding hydrogens is 510 g/mol. The second-order valence-corrected chi connectivity index (χ2v) is 8.51. The molecule has 1 aliphatic rings. The molecule has 9 nitrogen and oxygen atoms in total. The highest BCUT2D eigenvalue weighted by Gasteiger charge is 2.16. The van der Waals surface area contributed by atoms with Gasteiger partial charge in [0.15, 0.2) is 11.5 Å². The lowest BCUT2D eigenvalue weighted by atomic mass is 10.2. The van der Waals surface area contributed by atoms with Gasteiger partial charge in [0.05, 0.1) is 12.6 Å². The first-order valence-corrected chi connectivity index (χ1v) is 10.8. The van der Waals surface area contributed by atoms with Crippen LogP contribution in [0.25, 0.3) is 0 Å². The number of halogens is 2. The normalized spacial score (nSPS) is 12.2. The molecule has 0 spiro atoms. The third kappa shape index (κ3) is 5.37. The number of anilines is 1. The highest BCUT2D eigenvalue weighted by molar-refractivity contribution is 9.10. The topological polar surface area (TPSA) is 115 Å². The molecule has 2 heterocycles. The van der Waals surface area contributed by atoms with E-state index in [9.17, 15) is 9.59 Å². The molecule has 2 N–H and O–H groups in total. The maximum Gasteiger partial charge on any atom is 0.257 e. The molecule has 4 rings (SSSR count). The van der Waals surface area contributed by atoms with Crippen molar-refractivity contribution < 1.29 is 19.1 Å². The van der Waals surface area contributed by atoms with E-state index in [1.807, 2.05) is 0 Å². The molecule has 2 amide bonds. The standard InChI is InChI=1S/C19H13BrClN5O4S/c20-13-6-15-14(29-9-30-15)5-11(13)8-22-24-16(27)7-17-25-26-19(31-17)23-18(28)10-1-3-12(21)4-2-10/h1-6,8H,7,9H2,(H,24,27)(H,23,26,28). The monoisotopic (exact) mass is 521 g/mol. The minimum atomic E-state index is -0.375. The molecule has 1 aromatic heterocycles. The number of aromatic nitrogens is 2. The fraction of sp³-hybridized carbons (Fsp3) is 0.105. The van der Waals surface area contributed by atoms with Crippen molar-refractivity contribution in [2.45, 2.75) is 6.42 Å². The Hall–Kier alpha value is -3.02. The molecule has 0 fully saturated rings. The highest BCUT2D eigenvalue weighted by Crippen LogP contribution is 2.36. The predicted octanol–water partition coefficient (Wildman–Crippen LogP) is 3.63. The van der Waals surface area contributed by atoms with Gasteiger partial charge in [-0.1, -0.05) is 22.9 Å². The van der Waals surface area contributed by atoms with Gasteiger partial charge in [0.1, 0.15) is 5.01 Å². The third-order valence-corrected chi connectivity index (χ3v) is 5.77. The molecule has 3 aromatic rings. The summed E-state index contributed by atoms with van der Waals surface area (Å²) in [6.07, 6.45) is 1.45.